The minimum absolute atomic E-state index is 0.0506. The molecule has 102 valence electrons. The number of hydrogen-bond acceptors (Lipinski definition) is 3. The van der Waals surface area contributed by atoms with E-state index in [9.17, 15) is 22.0 Å². The van der Waals surface area contributed by atoms with Crippen molar-refractivity contribution in [2.45, 2.75) is 18.1 Å². The Morgan fingerprint density at radius 2 is 2.00 bits per heavy atom. The van der Waals surface area contributed by atoms with E-state index in [0.717, 1.165) is 7.11 Å². The molecule has 1 aromatic heterocycles. The highest BCUT2D eigenvalue weighted by atomic mass is 79.9. The molecule has 0 saturated carbocycles. The van der Waals surface area contributed by atoms with Crippen LogP contribution in [0.15, 0.2) is 6.07 Å². The van der Waals surface area contributed by atoms with Crippen LogP contribution in [0.2, 0.25) is 0 Å². The third kappa shape index (κ3) is 3.69. The van der Waals surface area contributed by atoms with Crippen LogP contribution in [-0.4, -0.2) is 18.5 Å². The van der Waals surface area contributed by atoms with Crippen molar-refractivity contribution in [2.75, 3.05) is 7.11 Å². The van der Waals surface area contributed by atoms with Crippen molar-refractivity contribution in [3.05, 3.63) is 17.5 Å². The highest BCUT2D eigenvalue weighted by molar-refractivity contribution is 9.08. The number of methoxy groups -OCH3 is 1. The van der Waals surface area contributed by atoms with E-state index in [1.807, 2.05) is 0 Å². The lowest BCUT2D eigenvalue weighted by Crippen LogP contribution is -2.18. The van der Waals surface area contributed by atoms with Crippen LogP contribution in [0.5, 0.6) is 11.5 Å². The zero-order chi connectivity index (χ0) is 13.9. The molecule has 0 amide bonds. The maximum atomic E-state index is 12.5. The molecule has 0 aliphatic rings. The first-order valence-corrected chi connectivity index (χ1v) is 5.58. The summed E-state index contributed by atoms with van der Waals surface area (Å²) >= 11 is 2.92. The van der Waals surface area contributed by atoms with Gasteiger partial charge in [-0.15, -0.1) is 13.2 Å². The van der Waals surface area contributed by atoms with Gasteiger partial charge in [-0.2, -0.15) is 0 Å². The standard InChI is InChI=1S/C9H7BrF5NO2/c1-17-7-5(3-10)16-4(8(11)12)2-6(7)18-9(13,14)15/h2,8H,3H2,1H3. The quantitative estimate of drug-likeness (QED) is 0.619. The largest absolute Gasteiger partial charge is 0.573 e. The number of alkyl halides is 6. The number of rotatable bonds is 4. The first-order chi connectivity index (χ1) is 8.28. The van der Waals surface area contributed by atoms with Gasteiger partial charge in [0.15, 0.2) is 11.5 Å². The van der Waals surface area contributed by atoms with Crippen molar-refractivity contribution in [1.82, 2.24) is 4.98 Å². The summed E-state index contributed by atoms with van der Waals surface area (Å²) in [5.74, 6) is -1.18. The molecule has 1 aromatic rings. The van der Waals surface area contributed by atoms with Crippen LogP contribution in [0.4, 0.5) is 22.0 Å². The number of pyridine rings is 1. The number of aromatic nitrogens is 1. The van der Waals surface area contributed by atoms with E-state index >= 15 is 0 Å². The normalized spacial score (nSPS) is 11.8. The minimum Gasteiger partial charge on any atom is -0.491 e. The van der Waals surface area contributed by atoms with Gasteiger partial charge in [0.2, 0.25) is 0 Å². The van der Waals surface area contributed by atoms with Crippen LogP contribution in [0, 0.1) is 0 Å². The smallest absolute Gasteiger partial charge is 0.491 e. The summed E-state index contributed by atoms with van der Waals surface area (Å²) in [4.78, 5) is 3.48. The van der Waals surface area contributed by atoms with Crippen molar-refractivity contribution in [3.63, 3.8) is 0 Å². The Kier molecular flexibility index (Phi) is 4.71. The molecule has 0 N–H and O–H groups in total. The highest BCUT2D eigenvalue weighted by Gasteiger charge is 2.34. The summed E-state index contributed by atoms with van der Waals surface area (Å²) in [5, 5.41) is -0.0506. The summed E-state index contributed by atoms with van der Waals surface area (Å²) in [5.41, 5.74) is -0.918. The molecule has 0 unspecified atom stereocenters. The van der Waals surface area contributed by atoms with Crippen molar-refractivity contribution in [2.24, 2.45) is 0 Å². The molecule has 0 bridgehead atoms. The third-order valence-electron chi connectivity index (χ3n) is 1.81. The van der Waals surface area contributed by atoms with Crippen molar-refractivity contribution < 1.29 is 31.4 Å². The van der Waals surface area contributed by atoms with Gasteiger partial charge in [0, 0.05) is 11.4 Å². The second-order valence-electron chi connectivity index (χ2n) is 3.01. The van der Waals surface area contributed by atoms with E-state index < -0.39 is 24.2 Å². The molecule has 18 heavy (non-hydrogen) atoms. The van der Waals surface area contributed by atoms with Gasteiger partial charge < -0.3 is 9.47 Å². The first-order valence-electron chi connectivity index (χ1n) is 4.46. The molecule has 0 saturated heterocycles. The highest BCUT2D eigenvalue weighted by Crippen LogP contribution is 2.37. The van der Waals surface area contributed by atoms with Crippen LogP contribution in [-0.2, 0) is 5.33 Å². The molecule has 0 atom stereocenters. The van der Waals surface area contributed by atoms with Gasteiger partial charge in [-0.3, -0.25) is 0 Å². The average Bonchev–Trinajstić information content (AvgIpc) is 2.25. The monoisotopic (exact) mass is 335 g/mol. The Balaban J connectivity index is 3.31. The molecule has 1 rings (SSSR count). The number of halogens is 6. The first kappa shape index (κ1) is 14.9. The van der Waals surface area contributed by atoms with Crippen molar-refractivity contribution >= 4 is 15.9 Å². The summed E-state index contributed by atoms with van der Waals surface area (Å²) in [6, 6.07) is 0.503. The molecule has 3 nitrogen and oxygen atoms in total. The predicted molar refractivity (Wildman–Crippen MR) is 55.1 cm³/mol. The fourth-order valence-electron chi connectivity index (χ4n) is 1.20. The van der Waals surface area contributed by atoms with Crippen LogP contribution in [0.25, 0.3) is 0 Å². The van der Waals surface area contributed by atoms with Crippen molar-refractivity contribution in [1.29, 1.82) is 0 Å². The molecule has 0 fully saturated rings. The Hall–Kier alpha value is -1.12. The molecular weight excluding hydrogens is 329 g/mol. The topological polar surface area (TPSA) is 31.4 Å². The van der Waals surface area contributed by atoms with Crippen LogP contribution in [0.1, 0.15) is 17.8 Å². The average molecular weight is 336 g/mol. The van der Waals surface area contributed by atoms with E-state index in [1.54, 1.807) is 0 Å². The van der Waals surface area contributed by atoms with Crippen molar-refractivity contribution in [3.8, 4) is 11.5 Å². The zero-order valence-electron chi connectivity index (χ0n) is 8.89. The summed E-state index contributed by atoms with van der Waals surface area (Å²) in [6.45, 7) is 0. The number of ether oxygens (including phenoxy) is 2. The van der Waals surface area contributed by atoms with Crippen LogP contribution in [0.3, 0.4) is 0 Å². The van der Waals surface area contributed by atoms with E-state index in [-0.39, 0.29) is 16.8 Å². The zero-order valence-corrected chi connectivity index (χ0v) is 10.5. The fourth-order valence-corrected chi connectivity index (χ4v) is 1.58. The van der Waals surface area contributed by atoms with Gasteiger partial charge in [-0.05, 0) is 0 Å². The van der Waals surface area contributed by atoms with E-state index in [4.69, 9.17) is 0 Å². The molecule has 0 radical (unpaired) electrons. The fraction of sp³-hybridized carbons (Fsp3) is 0.444. The molecule has 9 heteroatoms. The molecule has 0 aliphatic carbocycles. The van der Waals surface area contributed by atoms with Gasteiger partial charge in [0.1, 0.15) is 5.69 Å². The van der Waals surface area contributed by atoms with Gasteiger partial charge >= 0.3 is 6.36 Å². The second kappa shape index (κ2) is 5.68. The minimum atomic E-state index is -5.00. The second-order valence-corrected chi connectivity index (χ2v) is 3.57. The van der Waals surface area contributed by atoms with E-state index in [1.165, 1.54) is 0 Å². The number of nitrogens with zero attached hydrogens (tertiary/aromatic N) is 1. The Bertz CT molecular complexity index is 424. The Morgan fingerprint density at radius 3 is 2.39 bits per heavy atom. The van der Waals surface area contributed by atoms with Gasteiger partial charge in [-0.1, -0.05) is 15.9 Å². The van der Waals surface area contributed by atoms with Crippen LogP contribution >= 0.6 is 15.9 Å². The lowest BCUT2D eigenvalue weighted by atomic mass is 10.2. The lowest BCUT2D eigenvalue weighted by Gasteiger charge is -2.15. The summed E-state index contributed by atoms with van der Waals surface area (Å²) in [6.07, 6.45) is -8.01. The number of hydrogen-bond donors (Lipinski definition) is 0. The maximum Gasteiger partial charge on any atom is 0.573 e. The molecule has 0 spiro atoms. The SMILES string of the molecule is COc1c(OC(F)(F)F)cc(C(F)F)nc1CBr. The lowest BCUT2D eigenvalue weighted by molar-refractivity contribution is -0.275. The van der Waals surface area contributed by atoms with Gasteiger partial charge in [0.05, 0.1) is 12.8 Å². The molecule has 0 aliphatic heterocycles. The molecular formula is C9H7BrF5NO2. The Morgan fingerprint density at radius 1 is 1.39 bits per heavy atom. The molecule has 0 aromatic carbocycles. The Labute approximate surface area is 107 Å². The summed E-state index contributed by atoms with van der Waals surface area (Å²) < 4.78 is 69.7. The van der Waals surface area contributed by atoms with Crippen LogP contribution < -0.4 is 9.47 Å². The van der Waals surface area contributed by atoms with E-state index in [2.05, 4.69) is 30.4 Å². The van der Waals surface area contributed by atoms with E-state index in [0.29, 0.717) is 6.07 Å². The van der Waals surface area contributed by atoms with Gasteiger partial charge in [0.25, 0.3) is 6.43 Å². The predicted octanol–water partition coefficient (Wildman–Crippen LogP) is 3.82. The maximum absolute atomic E-state index is 12.5. The van der Waals surface area contributed by atoms with Gasteiger partial charge in [-0.25, -0.2) is 13.8 Å². The summed E-state index contributed by atoms with van der Waals surface area (Å²) in [7, 11) is 1.09. The third-order valence-corrected chi connectivity index (χ3v) is 2.34. The molecule has 1 heterocycles.